The Morgan fingerprint density at radius 2 is 2.13 bits per heavy atom. The Labute approximate surface area is 133 Å². The molecule has 0 radical (unpaired) electrons. The van der Waals surface area contributed by atoms with Crippen molar-refractivity contribution in [2.45, 2.75) is 25.5 Å². The summed E-state index contributed by atoms with van der Waals surface area (Å²) in [5.74, 6) is -0.0629. The van der Waals surface area contributed by atoms with E-state index < -0.39 is 12.1 Å². The van der Waals surface area contributed by atoms with Gasteiger partial charge in [-0.05, 0) is 19.1 Å². The molecule has 0 aliphatic rings. The standard InChI is InChI=1S/C16H20N2O5/c1-11(7-15-18-14(10-23-15)16(20)21)17-8-12(19)9-22-13-5-3-2-4-6-13/h2-6,10-12,17,19H,7-9H2,1H3,(H,20,21)/t11-,12-/m0/s1. The molecule has 0 spiro atoms. The second-order valence-corrected chi connectivity index (χ2v) is 5.22. The van der Waals surface area contributed by atoms with Gasteiger partial charge < -0.3 is 24.7 Å². The third kappa shape index (κ3) is 5.72. The highest BCUT2D eigenvalue weighted by molar-refractivity contribution is 5.84. The number of carbonyl (C=O) groups is 1. The lowest BCUT2D eigenvalue weighted by atomic mass is 10.2. The number of aliphatic hydroxyl groups excluding tert-OH is 1. The first-order chi connectivity index (χ1) is 11.0. The second-order valence-electron chi connectivity index (χ2n) is 5.22. The van der Waals surface area contributed by atoms with Gasteiger partial charge in [-0.1, -0.05) is 18.2 Å². The first-order valence-electron chi connectivity index (χ1n) is 7.31. The monoisotopic (exact) mass is 320 g/mol. The third-order valence-corrected chi connectivity index (χ3v) is 3.14. The average Bonchev–Trinajstić information content (AvgIpc) is 3.00. The number of aliphatic hydroxyl groups is 1. The van der Waals surface area contributed by atoms with Gasteiger partial charge in [-0.25, -0.2) is 9.78 Å². The van der Waals surface area contributed by atoms with Crippen molar-refractivity contribution in [3.05, 3.63) is 48.2 Å². The molecule has 23 heavy (non-hydrogen) atoms. The summed E-state index contributed by atoms with van der Waals surface area (Å²) < 4.78 is 10.6. The molecule has 0 unspecified atom stereocenters. The van der Waals surface area contributed by atoms with Crippen molar-refractivity contribution in [1.82, 2.24) is 10.3 Å². The molecule has 2 atom stereocenters. The van der Waals surface area contributed by atoms with Crippen molar-refractivity contribution in [2.24, 2.45) is 0 Å². The predicted octanol–water partition coefficient (Wildman–Crippen LogP) is 1.33. The molecule has 0 fully saturated rings. The molecule has 3 N–H and O–H groups in total. The Kier molecular flexibility index (Phi) is 6.13. The number of nitrogens with zero attached hydrogens (tertiary/aromatic N) is 1. The van der Waals surface area contributed by atoms with E-state index >= 15 is 0 Å². The molecule has 0 bridgehead atoms. The number of nitrogens with one attached hydrogen (secondary N) is 1. The highest BCUT2D eigenvalue weighted by Crippen LogP contribution is 2.08. The van der Waals surface area contributed by atoms with Crippen LogP contribution < -0.4 is 10.1 Å². The van der Waals surface area contributed by atoms with E-state index in [1.165, 1.54) is 0 Å². The summed E-state index contributed by atoms with van der Waals surface area (Å²) in [6, 6.07) is 9.25. The number of hydrogen-bond donors (Lipinski definition) is 3. The molecule has 124 valence electrons. The van der Waals surface area contributed by atoms with Crippen molar-refractivity contribution in [1.29, 1.82) is 0 Å². The number of rotatable bonds is 9. The van der Waals surface area contributed by atoms with Crippen molar-refractivity contribution in [3.8, 4) is 5.75 Å². The lowest BCUT2D eigenvalue weighted by Crippen LogP contribution is -2.37. The number of benzene rings is 1. The minimum absolute atomic E-state index is 0.0262. The van der Waals surface area contributed by atoms with E-state index in [1.807, 2.05) is 37.3 Å². The Hall–Kier alpha value is -2.38. The lowest BCUT2D eigenvalue weighted by Gasteiger charge is -2.16. The van der Waals surface area contributed by atoms with Crippen molar-refractivity contribution >= 4 is 5.97 Å². The van der Waals surface area contributed by atoms with E-state index in [1.54, 1.807) is 0 Å². The zero-order chi connectivity index (χ0) is 16.7. The van der Waals surface area contributed by atoms with E-state index in [2.05, 4.69) is 10.3 Å². The molecule has 1 aromatic heterocycles. The zero-order valence-electron chi connectivity index (χ0n) is 12.8. The minimum Gasteiger partial charge on any atom is -0.491 e. The van der Waals surface area contributed by atoms with Crippen LogP contribution in [0.3, 0.4) is 0 Å². The molecule has 1 heterocycles. The third-order valence-electron chi connectivity index (χ3n) is 3.14. The predicted molar refractivity (Wildman–Crippen MR) is 82.6 cm³/mol. The summed E-state index contributed by atoms with van der Waals surface area (Å²) in [6.07, 6.45) is 0.892. The fraction of sp³-hybridized carbons (Fsp3) is 0.375. The van der Waals surface area contributed by atoms with E-state index in [9.17, 15) is 9.90 Å². The lowest BCUT2D eigenvalue weighted by molar-refractivity contribution is 0.0690. The van der Waals surface area contributed by atoms with Crippen LogP contribution in [0.5, 0.6) is 5.75 Å². The largest absolute Gasteiger partial charge is 0.491 e. The van der Waals surface area contributed by atoms with Crippen LogP contribution in [0.4, 0.5) is 0 Å². The first-order valence-corrected chi connectivity index (χ1v) is 7.31. The highest BCUT2D eigenvalue weighted by atomic mass is 16.5. The Bertz CT molecular complexity index is 614. The van der Waals surface area contributed by atoms with Crippen LogP contribution in [0.1, 0.15) is 23.3 Å². The number of carboxylic acids is 1. The van der Waals surface area contributed by atoms with Gasteiger partial charge >= 0.3 is 5.97 Å². The number of hydrogen-bond acceptors (Lipinski definition) is 6. The summed E-state index contributed by atoms with van der Waals surface area (Å²) in [4.78, 5) is 14.6. The molecule has 2 rings (SSSR count). The number of oxazole rings is 1. The van der Waals surface area contributed by atoms with E-state index in [0.717, 1.165) is 6.26 Å². The summed E-state index contributed by atoms with van der Waals surface area (Å²) in [7, 11) is 0. The molecule has 0 aliphatic heterocycles. The molecule has 0 saturated carbocycles. The molecule has 0 amide bonds. The van der Waals surface area contributed by atoms with Gasteiger partial charge in [0.15, 0.2) is 11.6 Å². The maximum atomic E-state index is 10.7. The smallest absolute Gasteiger partial charge is 0.357 e. The summed E-state index contributed by atoms with van der Waals surface area (Å²) in [5.41, 5.74) is -0.108. The fourth-order valence-electron chi connectivity index (χ4n) is 1.94. The molecule has 0 saturated heterocycles. The molecular weight excluding hydrogens is 300 g/mol. The number of carboxylic acid groups (broad SMARTS) is 1. The van der Waals surface area contributed by atoms with Gasteiger partial charge in [-0.15, -0.1) is 0 Å². The number of para-hydroxylation sites is 1. The molecule has 7 nitrogen and oxygen atoms in total. The van der Waals surface area contributed by atoms with Crippen molar-refractivity contribution in [3.63, 3.8) is 0 Å². The maximum Gasteiger partial charge on any atom is 0.357 e. The molecular formula is C16H20N2O5. The molecule has 1 aromatic carbocycles. The molecule has 0 aliphatic carbocycles. The van der Waals surface area contributed by atoms with Gasteiger partial charge in [0.05, 0.1) is 0 Å². The van der Waals surface area contributed by atoms with Gasteiger partial charge in [0.1, 0.15) is 24.7 Å². The first kappa shape index (κ1) is 17.0. The van der Waals surface area contributed by atoms with Crippen LogP contribution in [-0.4, -0.2) is 46.5 Å². The van der Waals surface area contributed by atoms with Crippen molar-refractivity contribution in [2.75, 3.05) is 13.2 Å². The Morgan fingerprint density at radius 3 is 2.78 bits per heavy atom. The summed E-state index contributed by atoms with van der Waals surface area (Å²) in [6.45, 7) is 2.43. The summed E-state index contributed by atoms with van der Waals surface area (Å²) >= 11 is 0. The van der Waals surface area contributed by atoms with E-state index in [4.69, 9.17) is 14.3 Å². The number of aromatic nitrogens is 1. The number of ether oxygens (including phenoxy) is 1. The van der Waals surface area contributed by atoms with Crippen LogP contribution in [0.2, 0.25) is 0 Å². The normalized spacial score (nSPS) is 13.5. The van der Waals surface area contributed by atoms with E-state index in [-0.39, 0.29) is 18.3 Å². The topological polar surface area (TPSA) is 105 Å². The molecule has 7 heteroatoms. The Morgan fingerprint density at radius 1 is 1.39 bits per heavy atom. The van der Waals surface area contributed by atoms with Crippen LogP contribution in [-0.2, 0) is 6.42 Å². The van der Waals surface area contributed by atoms with Crippen LogP contribution in [0.25, 0.3) is 0 Å². The van der Waals surface area contributed by atoms with Gasteiger partial charge in [0, 0.05) is 19.0 Å². The van der Waals surface area contributed by atoms with Gasteiger partial charge in [-0.3, -0.25) is 0 Å². The maximum absolute atomic E-state index is 10.7. The van der Waals surface area contributed by atoms with Crippen molar-refractivity contribution < 1.29 is 24.2 Å². The zero-order valence-corrected chi connectivity index (χ0v) is 12.8. The van der Waals surface area contributed by atoms with Gasteiger partial charge in [0.25, 0.3) is 0 Å². The highest BCUT2D eigenvalue weighted by Gasteiger charge is 2.14. The second kappa shape index (κ2) is 8.30. The molecule has 2 aromatic rings. The average molecular weight is 320 g/mol. The van der Waals surface area contributed by atoms with Crippen LogP contribution in [0.15, 0.2) is 41.0 Å². The fourth-order valence-corrected chi connectivity index (χ4v) is 1.94. The quantitative estimate of drug-likeness (QED) is 0.640. The summed E-state index contributed by atoms with van der Waals surface area (Å²) in [5, 5.41) is 21.8. The van der Waals surface area contributed by atoms with Crippen LogP contribution >= 0.6 is 0 Å². The van der Waals surface area contributed by atoms with Gasteiger partial charge in [0.2, 0.25) is 0 Å². The SMILES string of the molecule is C[C@@H](Cc1nc(C(=O)O)co1)NC[C@H](O)COc1ccccc1. The van der Waals surface area contributed by atoms with Crippen LogP contribution in [0, 0.1) is 0 Å². The van der Waals surface area contributed by atoms with Gasteiger partial charge in [-0.2, -0.15) is 0 Å². The van der Waals surface area contributed by atoms with E-state index in [0.29, 0.717) is 24.6 Å². The Balaban J connectivity index is 1.68. The number of aromatic carboxylic acids is 1. The minimum atomic E-state index is -1.12.